The lowest BCUT2D eigenvalue weighted by atomic mass is 10.0. The summed E-state index contributed by atoms with van der Waals surface area (Å²) in [6.07, 6.45) is 3.60. The second kappa shape index (κ2) is 8.73. The highest BCUT2D eigenvalue weighted by molar-refractivity contribution is 7.10. The number of methoxy groups -OCH3 is 1. The molecule has 1 aliphatic heterocycles. The van der Waals surface area contributed by atoms with E-state index in [9.17, 15) is 9.59 Å². The molecule has 3 aromatic heterocycles. The Balaban J connectivity index is 1.22. The highest BCUT2D eigenvalue weighted by Gasteiger charge is 2.45. The zero-order chi connectivity index (χ0) is 26.1. The molecule has 0 bridgehead atoms. The third-order valence-corrected chi connectivity index (χ3v) is 9.20. The number of carbonyl (C=O) groups excluding carboxylic acids is 2. The minimum absolute atomic E-state index is 0.00164. The van der Waals surface area contributed by atoms with Crippen molar-refractivity contribution in [2.75, 3.05) is 13.7 Å². The Bertz CT molecular complexity index is 1610. The van der Waals surface area contributed by atoms with Crippen molar-refractivity contribution in [3.8, 4) is 11.3 Å². The normalized spacial score (nSPS) is 22.4. The first kappa shape index (κ1) is 23.5. The van der Waals surface area contributed by atoms with Crippen molar-refractivity contribution in [2.45, 2.75) is 50.5 Å². The van der Waals surface area contributed by atoms with Crippen LogP contribution in [0.25, 0.3) is 16.9 Å². The van der Waals surface area contributed by atoms with Crippen LogP contribution in [0, 0.1) is 11.7 Å². The third-order valence-electron chi connectivity index (χ3n) is 8.20. The maximum atomic E-state index is 15.3. The van der Waals surface area contributed by atoms with E-state index in [1.807, 2.05) is 17.0 Å². The smallest absolute Gasteiger partial charge is 0.309 e. The van der Waals surface area contributed by atoms with Crippen LogP contribution in [-0.4, -0.2) is 45.0 Å². The minimum Gasteiger partial charge on any atom is -0.469 e. The summed E-state index contributed by atoms with van der Waals surface area (Å²) in [5, 5.41) is 6.81. The van der Waals surface area contributed by atoms with Gasteiger partial charge in [0.2, 0.25) is 0 Å². The molecule has 1 amide bonds. The van der Waals surface area contributed by atoms with Crippen molar-refractivity contribution < 1.29 is 18.7 Å². The second-order valence-electron chi connectivity index (χ2n) is 10.6. The van der Waals surface area contributed by atoms with Gasteiger partial charge in [0.05, 0.1) is 24.8 Å². The molecule has 38 heavy (non-hydrogen) atoms. The molecule has 3 aliphatic rings. The van der Waals surface area contributed by atoms with Crippen molar-refractivity contribution in [3.63, 3.8) is 0 Å². The largest absolute Gasteiger partial charge is 0.469 e. The van der Waals surface area contributed by atoms with E-state index in [0.717, 1.165) is 30.5 Å². The number of hydrogen-bond donors (Lipinski definition) is 0. The van der Waals surface area contributed by atoms with Gasteiger partial charge in [0.1, 0.15) is 11.5 Å². The molecule has 9 heteroatoms. The number of nitrogens with zero attached hydrogens (tertiary/aromatic N) is 4. The molecule has 194 valence electrons. The predicted molar refractivity (Wildman–Crippen MR) is 141 cm³/mol. The van der Waals surface area contributed by atoms with E-state index < -0.39 is 0 Å². The Morgan fingerprint density at radius 3 is 2.76 bits per heavy atom. The van der Waals surface area contributed by atoms with Gasteiger partial charge in [0, 0.05) is 34.7 Å². The number of amides is 1. The summed E-state index contributed by atoms with van der Waals surface area (Å²) >= 11 is 1.75. The number of hydrogen-bond acceptors (Lipinski definition) is 6. The first-order valence-corrected chi connectivity index (χ1v) is 14.0. The van der Waals surface area contributed by atoms with Crippen molar-refractivity contribution in [2.24, 2.45) is 5.92 Å². The Labute approximate surface area is 223 Å². The number of ether oxygens (including phenoxy) is 1. The number of esters is 1. The summed E-state index contributed by atoms with van der Waals surface area (Å²) in [5.41, 5.74) is 4.76. The van der Waals surface area contributed by atoms with Crippen LogP contribution >= 0.6 is 11.3 Å². The minimum atomic E-state index is -0.389. The van der Waals surface area contributed by atoms with E-state index >= 15 is 4.39 Å². The Kier molecular flexibility index (Phi) is 5.40. The molecule has 0 N–H and O–H groups in total. The van der Waals surface area contributed by atoms with Crippen LogP contribution in [0.1, 0.15) is 76.3 Å². The first-order valence-electron chi connectivity index (χ1n) is 13.1. The number of benzene rings is 1. The second-order valence-corrected chi connectivity index (χ2v) is 11.6. The zero-order valence-corrected chi connectivity index (χ0v) is 22.0. The highest BCUT2D eigenvalue weighted by Crippen LogP contribution is 2.48. The lowest BCUT2D eigenvalue weighted by Gasteiger charge is -2.33. The molecule has 0 spiro atoms. The van der Waals surface area contributed by atoms with Gasteiger partial charge in [-0.1, -0.05) is 6.07 Å². The molecule has 2 saturated carbocycles. The van der Waals surface area contributed by atoms with Gasteiger partial charge < -0.3 is 9.64 Å². The third kappa shape index (κ3) is 3.83. The number of halogens is 1. The van der Waals surface area contributed by atoms with Crippen LogP contribution in [-0.2, 0) is 16.0 Å². The standard InChI is InChI=1S/C29H27FN4O3S/c1-15-18-8-10-38-26(18)7-9-33(15)28(35)24-13-25(16-3-4-16)34-27(31-24)14-23(32-34)19-6-5-17(11-22(19)30)20-12-21(20)29(36)37-2/h5-6,8,10-11,13-16,20-21H,3-4,7,9,12H2,1-2H3/t15?,20?,21-/m1/s1. The predicted octanol–water partition coefficient (Wildman–Crippen LogP) is 5.51. The molecule has 0 radical (unpaired) electrons. The summed E-state index contributed by atoms with van der Waals surface area (Å²) in [4.78, 5) is 33.4. The fourth-order valence-electron chi connectivity index (χ4n) is 5.79. The van der Waals surface area contributed by atoms with Crippen LogP contribution in [0.5, 0.6) is 0 Å². The average Bonchev–Trinajstić information content (AvgIpc) is 3.83. The molecule has 1 aromatic carbocycles. The van der Waals surface area contributed by atoms with Gasteiger partial charge in [-0.05, 0) is 79.3 Å². The van der Waals surface area contributed by atoms with Crippen LogP contribution in [0.15, 0.2) is 41.8 Å². The number of rotatable bonds is 5. The van der Waals surface area contributed by atoms with Crippen LogP contribution < -0.4 is 0 Å². The summed E-state index contributed by atoms with van der Waals surface area (Å²) in [6, 6.07) is 10.8. The number of aromatic nitrogens is 3. The molecule has 7 nitrogen and oxygen atoms in total. The molecule has 7 rings (SSSR count). The molecule has 0 saturated heterocycles. The Morgan fingerprint density at radius 2 is 2.00 bits per heavy atom. The Hall–Kier alpha value is -3.59. The molecular weight excluding hydrogens is 503 g/mol. The molecule has 2 fully saturated rings. The van der Waals surface area contributed by atoms with Gasteiger partial charge in [0.15, 0.2) is 5.65 Å². The number of thiophene rings is 1. The SMILES string of the molecule is COC(=O)[C@@H]1CC1c1ccc(-c2cc3nc(C(=O)N4CCc5sccc5C4C)cc(C4CC4)n3n2)c(F)c1. The van der Waals surface area contributed by atoms with E-state index in [1.54, 1.807) is 28.0 Å². The van der Waals surface area contributed by atoms with Crippen LogP contribution in [0.2, 0.25) is 0 Å². The average molecular weight is 531 g/mol. The summed E-state index contributed by atoms with van der Waals surface area (Å²) in [6.45, 7) is 2.74. The highest BCUT2D eigenvalue weighted by atomic mass is 32.1. The summed E-state index contributed by atoms with van der Waals surface area (Å²) in [5.74, 6) is -0.610. The summed E-state index contributed by atoms with van der Waals surface area (Å²) in [7, 11) is 1.38. The molecular formula is C29H27FN4O3S. The first-order chi connectivity index (χ1) is 18.4. The molecule has 4 aromatic rings. The van der Waals surface area contributed by atoms with E-state index in [4.69, 9.17) is 14.8 Å². The van der Waals surface area contributed by atoms with Crippen LogP contribution in [0.4, 0.5) is 4.39 Å². The van der Waals surface area contributed by atoms with Crippen molar-refractivity contribution in [1.82, 2.24) is 19.5 Å². The number of fused-ring (bicyclic) bond motifs is 2. The van der Waals surface area contributed by atoms with Crippen molar-refractivity contribution >= 4 is 28.9 Å². The van der Waals surface area contributed by atoms with Gasteiger partial charge in [0.25, 0.3) is 5.91 Å². The maximum absolute atomic E-state index is 15.3. The molecule has 2 aliphatic carbocycles. The van der Waals surface area contributed by atoms with E-state index in [0.29, 0.717) is 41.5 Å². The number of carbonyl (C=O) groups is 2. The van der Waals surface area contributed by atoms with Crippen LogP contribution in [0.3, 0.4) is 0 Å². The molecule has 3 atom stereocenters. The summed E-state index contributed by atoms with van der Waals surface area (Å²) < 4.78 is 21.9. The lowest BCUT2D eigenvalue weighted by molar-refractivity contribution is -0.142. The van der Waals surface area contributed by atoms with Crippen molar-refractivity contribution in [3.05, 3.63) is 75.0 Å². The maximum Gasteiger partial charge on any atom is 0.309 e. The van der Waals surface area contributed by atoms with E-state index in [2.05, 4.69) is 18.4 Å². The molecule has 2 unspecified atom stereocenters. The topological polar surface area (TPSA) is 76.8 Å². The molecule has 4 heterocycles. The fourth-order valence-corrected chi connectivity index (χ4v) is 6.75. The van der Waals surface area contributed by atoms with Gasteiger partial charge in [-0.15, -0.1) is 11.3 Å². The van der Waals surface area contributed by atoms with Crippen molar-refractivity contribution in [1.29, 1.82) is 0 Å². The Morgan fingerprint density at radius 1 is 1.16 bits per heavy atom. The van der Waals surface area contributed by atoms with Gasteiger partial charge in [-0.2, -0.15) is 5.10 Å². The van der Waals surface area contributed by atoms with Gasteiger partial charge in [-0.25, -0.2) is 13.9 Å². The fraction of sp³-hybridized carbons (Fsp3) is 0.379. The lowest BCUT2D eigenvalue weighted by Crippen LogP contribution is -2.38. The van der Waals surface area contributed by atoms with Gasteiger partial charge >= 0.3 is 5.97 Å². The quantitative estimate of drug-likeness (QED) is 0.318. The van der Waals surface area contributed by atoms with E-state index in [-0.39, 0.29) is 35.6 Å². The van der Waals surface area contributed by atoms with E-state index in [1.165, 1.54) is 23.6 Å². The zero-order valence-electron chi connectivity index (χ0n) is 21.2. The monoisotopic (exact) mass is 530 g/mol. The van der Waals surface area contributed by atoms with Gasteiger partial charge in [-0.3, -0.25) is 9.59 Å².